The van der Waals surface area contributed by atoms with Crippen molar-refractivity contribution in [3.63, 3.8) is 0 Å². The van der Waals surface area contributed by atoms with Crippen molar-refractivity contribution in [2.75, 3.05) is 6.54 Å². The zero-order valence-electron chi connectivity index (χ0n) is 19.3. The third-order valence-corrected chi connectivity index (χ3v) is 7.44. The minimum Gasteiger partial charge on any atom is -0.380 e. The van der Waals surface area contributed by atoms with Crippen molar-refractivity contribution in [3.8, 4) is 5.69 Å². The van der Waals surface area contributed by atoms with Gasteiger partial charge in [-0.1, -0.05) is 29.8 Å². The molecule has 8 nitrogen and oxygen atoms in total. The molecule has 5 rings (SSSR count). The summed E-state index contributed by atoms with van der Waals surface area (Å²) in [7, 11) is 0. The van der Waals surface area contributed by atoms with E-state index < -0.39 is 29.6 Å². The lowest BCUT2D eigenvalue weighted by Gasteiger charge is -2.31. The Balaban J connectivity index is 1.23. The Kier molecular flexibility index (Phi) is 6.53. The minimum absolute atomic E-state index is 0.169. The van der Waals surface area contributed by atoms with E-state index in [9.17, 15) is 19.8 Å². The lowest BCUT2D eigenvalue weighted by Crippen LogP contribution is -2.53. The highest BCUT2D eigenvalue weighted by Gasteiger charge is 2.48. The second-order valence-corrected chi connectivity index (χ2v) is 9.93. The molecule has 1 saturated carbocycles. The molecular weight excluding hydrogens is 468 g/mol. The molecule has 2 aliphatic carbocycles. The average Bonchev–Trinajstić information content (AvgIpc) is 3.27. The monoisotopic (exact) mass is 496 g/mol. The van der Waals surface area contributed by atoms with Gasteiger partial charge in [-0.2, -0.15) is 5.10 Å². The number of aliphatic hydroxyl groups excluding tert-OH is 2. The van der Waals surface area contributed by atoms with E-state index in [-0.39, 0.29) is 6.04 Å². The topological polar surface area (TPSA) is 108 Å². The maximum Gasteiger partial charge on any atom is 0.255 e. The van der Waals surface area contributed by atoms with Crippen LogP contribution in [0.1, 0.15) is 44.1 Å². The van der Waals surface area contributed by atoms with Gasteiger partial charge in [-0.25, -0.2) is 4.68 Å². The smallest absolute Gasteiger partial charge is 0.255 e. The fraction of sp³-hybridized carbons (Fsp3) is 0.423. The number of benzene rings is 1. The molecule has 1 saturated heterocycles. The summed E-state index contributed by atoms with van der Waals surface area (Å²) in [5.41, 5.74) is 2.25. The van der Waals surface area contributed by atoms with Crippen LogP contribution in [0.25, 0.3) is 5.69 Å². The van der Waals surface area contributed by atoms with E-state index in [2.05, 4.69) is 10.4 Å². The van der Waals surface area contributed by atoms with Crippen LogP contribution in [0.2, 0.25) is 0 Å². The van der Waals surface area contributed by atoms with Crippen molar-refractivity contribution in [1.29, 1.82) is 0 Å². The number of carbonyl (C=O) groups is 2. The number of halogens is 1. The van der Waals surface area contributed by atoms with Gasteiger partial charge < -0.3 is 20.4 Å². The maximum absolute atomic E-state index is 13.1. The number of carbonyl (C=O) groups excluding carboxylic acids is 2. The van der Waals surface area contributed by atoms with Crippen LogP contribution in [-0.4, -0.2) is 61.5 Å². The van der Waals surface area contributed by atoms with E-state index in [4.69, 9.17) is 11.6 Å². The van der Waals surface area contributed by atoms with E-state index in [1.165, 1.54) is 0 Å². The van der Waals surface area contributed by atoms with Gasteiger partial charge in [0.25, 0.3) is 11.8 Å². The van der Waals surface area contributed by atoms with Gasteiger partial charge in [0.05, 0.1) is 17.3 Å². The van der Waals surface area contributed by atoms with Gasteiger partial charge in [0, 0.05) is 24.0 Å². The van der Waals surface area contributed by atoms with Crippen LogP contribution in [-0.2, 0) is 15.1 Å². The molecule has 1 aliphatic heterocycles. The Morgan fingerprint density at radius 1 is 1.17 bits per heavy atom. The fourth-order valence-electron chi connectivity index (χ4n) is 5.09. The first-order valence-electron chi connectivity index (χ1n) is 12.0. The first-order chi connectivity index (χ1) is 16.9. The van der Waals surface area contributed by atoms with Gasteiger partial charge in [-0.15, -0.1) is 0 Å². The predicted molar refractivity (Wildman–Crippen MR) is 131 cm³/mol. The molecule has 0 spiro atoms. The molecule has 2 heterocycles. The summed E-state index contributed by atoms with van der Waals surface area (Å²) < 4.78 is 1.74. The van der Waals surface area contributed by atoms with Crippen LogP contribution in [0.4, 0.5) is 0 Å². The highest BCUT2D eigenvalue weighted by atomic mass is 35.5. The second kappa shape index (κ2) is 9.60. The molecule has 2 amide bonds. The van der Waals surface area contributed by atoms with Gasteiger partial charge in [0.15, 0.2) is 12.2 Å². The number of amides is 2. The molecule has 0 bridgehead atoms. The number of likely N-dealkylation sites (tertiary alicyclic amines) is 1. The summed E-state index contributed by atoms with van der Waals surface area (Å²) in [5.74, 6) is -1.38. The molecule has 1 aromatic carbocycles. The van der Waals surface area contributed by atoms with E-state index in [1.807, 2.05) is 48.7 Å². The summed E-state index contributed by atoms with van der Waals surface area (Å²) in [6.45, 7) is 0.472. The van der Waals surface area contributed by atoms with Crippen LogP contribution in [0.3, 0.4) is 0 Å². The van der Waals surface area contributed by atoms with Crippen molar-refractivity contribution in [2.24, 2.45) is 0 Å². The van der Waals surface area contributed by atoms with Crippen molar-refractivity contribution in [1.82, 2.24) is 20.0 Å². The lowest BCUT2D eigenvalue weighted by molar-refractivity contribution is -0.153. The van der Waals surface area contributed by atoms with Gasteiger partial charge in [-0.3, -0.25) is 9.59 Å². The number of hydrogen-bond donors (Lipinski definition) is 3. The van der Waals surface area contributed by atoms with E-state index in [1.54, 1.807) is 15.8 Å². The van der Waals surface area contributed by atoms with Crippen molar-refractivity contribution < 1.29 is 19.8 Å². The average molecular weight is 497 g/mol. The summed E-state index contributed by atoms with van der Waals surface area (Å²) in [6, 6.07) is 9.34. The molecule has 184 valence electrons. The highest BCUT2D eigenvalue weighted by Crippen LogP contribution is 2.45. The Bertz CT molecular complexity index is 1150. The molecule has 35 heavy (non-hydrogen) atoms. The molecule has 1 unspecified atom stereocenters. The Labute approximate surface area is 208 Å². The van der Waals surface area contributed by atoms with E-state index in [0.717, 1.165) is 42.5 Å². The van der Waals surface area contributed by atoms with Crippen LogP contribution < -0.4 is 5.32 Å². The molecule has 3 aliphatic rings. The van der Waals surface area contributed by atoms with Crippen LogP contribution >= 0.6 is 11.6 Å². The summed E-state index contributed by atoms with van der Waals surface area (Å²) in [4.78, 5) is 27.5. The Hall–Kier alpha value is -2.94. The second-order valence-electron chi connectivity index (χ2n) is 9.50. The molecule has 3 N–H and O–H groups in total. The van der Waals surface area contributed by atoms with E-state index >= 15 is 0 Å². The predicted octanol–water partition coefficient (Wildman–Crippen LogP) is 2.53. The third kappa shape index (κ3) is 4.78. The summed E-state index contributed by atoms with van der Waals surface area (Å²) in [6.07, 6.45) is 8.28. The minimum atomic E-state index is -1.85. The van der Waals surface area contributed by atoms with Gasteiger partial charge in [0.2, 0.25) is 0 Å². The number of hydrogen-bond acceptors (Lipinski definition) is 5. The standard InChI is InChI=1S/C26H29ClN4O4/c27-19-5-1-4-17(16-19)21-6-2-14-30(21)25(35)23(33)22(32)24(34)29-26(11-12-26)18-7-9-20(10-8-18)31-15-3-13-28-31/h3,5,7-10,13,15-16,21-23,32-33H,1-2,4,6,11-12,14H2,(H,29,34)/t21?,22-,23-/m1/s1. The first-order valence-corrected chi connectivity index (χ1v) is 12.4. The first kappa shape index (κ1) is 23.8. The van der Waals surface area contributed by atoms with Gasteiger partial charge in [-0.05, 0) is 73.9 Å². The SMILES string of the molecule is O=C(NC1(c2ccc(-n3cccn3)cc2)CC1)[C@H](O)[C@@H](O)C(=O)N1CCCC1C1=CC(Cl)=CCC1. The summed E-state index contributed by atoms with van der Waals surface area (Å²) in [5, 5.41) is 29.0. The van der Waals surface area contributed by atoms with Crippen molar-refractivity contribution >= 4 is 23.4 Å². The number of aliphatic hydroxyl groups is 2. The molecule has 1 aromatic heterocycles. The molecule has 2 fully saturated rings. The van der Waals surface area contributed by atoms with Crippen molar-refractivity contribution in [3.05, 3.63) is 71.0 Å². The van der Waals surface area contributed by atoms with E-state index in [0.29, 0.717) is 24.4 Å². The maximum atomic E-state index is 13.1. The number of aromatic nitrogens is 2. The molecule has 2 aromatic rings. The Morgan fingerprint density at radius 2 is 1.94 bits per heavy atom. The van der Waals surface area contributed by atoms with Crippen molar-refractivity contribution in [2.45, 2.75) is 62.3 Å². The number of rotatable bonds is 7. The zero-order valence-corrected chi connectivity index (χ0v) is 20.1. The molecular formula is C26H29ClN4O4. The lowest BCUT2D eigenvalue weighted by atomic mass is 9.95. The summed E-state index contributed by atoms with van der Waals surface area (Å²) >= 11 is 6.16. The number of allylic oxidation sites excluding steroid dienone is 3. The number of nitrogens with zero attached hydrogens (tertiary/aromatic N) is 3. The normalized spacial score (nSPS) is 22.7. The largest absolute Gasteiger partial charge is 0.380 e. The fourth-order valence-corrected chi connectivity index (χ4v) is 5.34. The van der Waals surface area contributed by atoms with Crippen LogP contribution in [0.15, 0.2) is 65.5 Å². The van der Waals surface area contributed by atoms with Gasteiger partial charge >= 0.3 is 0 Å². The molecule has 0 radical (unpaired) electrons. The third-order valence-electron chi connectivity index (χ3n) is 7.18. The molecule has 9 heteroatoms. The number of nitrogens with one attached hydrogen (secondary N) is 1. The van der Waals surface area contributed by atoms with Crippen LogP contribution in [0.5, 0.6) is 0 Å². The van der Waals surface area contributed by atoms with Gasteiger partial charge in [0.1, 0.15) is 0 Å². The Morgan fingerprint density at radius 3 is 2.60 bits per heavy atom. The zero-order chi connectivity index (χ0) is 24.6. The van der Waals surface area contributed by atoms with Crippen LogP contribution in [0, 0.1) is 0 Å². The quantitative estimate of drug-likeness (QED) is 0.546. The molecule has 3 atom stereocenters. The highest BCUT2D eigenvalue weighted by molar-refractivity contribution is 6.31.